The van der Waals surface area contributed by atoms with Crippen molar-refractivity contribution in [1.29, 1.82) is 0 Å². The molecule has 0 bridgehead atoms. The standard InChI is InChI=1S/C17H25N3OS/c1-4-7-20-11-16(14(3)18-20)10-19(17(5-2)12-21)9-15-6-8-22-13-15/h4,6,8,11,13,17,21H,1,5,7,9-10,12H2,2-3H3. The highest BCUT2D eigenvalue weighted by molar-refractivity contribution is 7.07. The van der Waals surface area contributed by atoms with Crippen molar-refractivity contribution in [1.82, 2.24) is 14.7 Å². The zero-order valence-corrected chi connectivity index (χ0v) is 14.2. The normalized spacial score (nSPS) is 12.7. The monoisotopic (exact) mass is 319 g/mol. The second kappa shape index (κ2) is 8.27. The predicted octanol–water partition coefficient (Wildman–Crippen LogP) is 3.21. The maximum atomic E-state index is 9.69. The van der Waals surface area contributed by atoms with Crippen molar-refractivity contribution in [2.75, 3.05) is 6.61 Å². The Balaban J connectivity index is 2.16. The van der Waals surface area contributed by atoms with Gasteiger partial charge in [-0.1, -0.05) is 13.0 Å². The zero-order valence-electron chi connectivity index (χ0n) is 13.4. The number of thiophene rings is 1. The number of hydrogen-bond donors (Lipinski definition) is 1. The van der Waals surface area contributed by atoms with Crippen molar-refractivity contribution in [2.45, 2.75) is 45.9 Å². The number of nitrogens with zero attached hydrogens (tertiary/aromatic N) is 3. The van der Waals surface area contributed by atoms with Gasteiger partial charge in [0, 0.05) is 30.9 Å². The third-order valence-corrected chi connectivity index (χ3v) is 4.63. The molecule has 1 atom stereocenters. The minimum Gasteiger partial charge on any atom is -0.395 e. The van der Waals surface area contributed by atoms with E-state index in [-0.39, 0.29) is 12.6 Å². The molecule has 120 valence electrons. The fourth-order valence-electron chi connectivity index (χ4n) is 2.59. The van der Waals surface area contributed by atoms with Gasteiger partial charge in [0.2, 0.25) is 0 Å². The Labute approximate surface area is 136 Å². The van der Waals surface area contributed by atoms with Crippen LogP contribution in [0.25, 0.3) is 0 Å². The van der Waals surface area contributed by atoms with Gasteiger partial charge < -0.3 is 5.11 Å². The van der Waals surface area contributed by atoms with Gasteiger partial charge in [-0.05, 0) is 35.7 Å². The average Bonchev–Trinajstić information content (AvgIpc) is 3.11. The van der Waals surface area contributed by atoms with Crippen LogP contribution in [-0.2, 0) is 19.6 Å². The van der Waals surface area contributed by atoms with E-state index < -0.39 is 0 Å². The van der Waals surface area contributed by atoms with Gasteiger partial charge in [-0.15, -0.1) is 6.58 Å². The summed E-state index contributed by atoms with van der Waals surface area (Å²) in [5, 5.41) is 18.5. The van der Waals surface area contributed by atoms with Crippen LogP contribution in [0.5, 0.6) is 0 Å². The Kier molecular flexibility index (Phi) is 6.36. The van der Waals surface area contributed by atoms with Crippen LogP contribution in [-0.4, -0.2) is 32.4 Å². The van der Waals surface area contributed by atoms with E-state index in [1.54, 1.807) is 11.3 Å². The van der Waals surface area contributed by atoms with Crippen LogP contribution in [0.3, 0.4) is 0 Å². The molecular weight excluding hydrogens is 294 g/mol. The zero-order chi connectivity index (χ0) is 15.9. The van der Waals surface area contributed by atoms with Gasteiger partial charge >= 0.3 is 0 Å². The number of aromatic nitrogens is 2. The predicted molar refractivity (Wildman–Crippen MR) is 91.9 cm³/mol. The summed E-state index contributed by atoms with van der Waals surface area (Å²) in [4.78, 5) is 2.34. The molecule has 2 heterocycles. The maximum absolute atomic E-state index is 9.69. The Bertz CT molecular complexity index is 573. The molecule has 0 amide bonds. The molecule has 0 saturated heterocycles. The summed E-state index contributed by atoms with van der Waals surface area (Å²) in [6.07, 6.45) is 4.87. The van der Waals surface area contributed by atoms with E-state index in [1.165, 1.54) is 11.1 Å². The summed E-state index contributed by atoms with van der Waals surface area (Å²) < 4.78 is 1.92. The van der Waals surface area contributed by atoms with Gasteiger partial charge in [0.1, 0.15) is 0 Å². The first-order valence-corrected chi connectivity index (χ1v) is 8.62. The highest BCUT2D eigenvalue weighted by Gasteiger charge is 2.19. The van der Waals surface area contributed by atoms with Gasteiger partial charge in [-0.2, -0.15) is 16.4 Å². The topological polar surface area (TPSA) is 41.3 Å². The number of aliphatic hydroxyl groups excluding tert-OH is 1. The van der Waals surface area contributed by atoms with Crippen molar-refractivity contribution in [3.63, 3.8) is 0 Å². The van der Waals surface area contributed by atoms with Crippen LogP contribution in [0.15, 0.2) is 35.7 Å². The van der Waals surface area contributed by atoms with Crippen molar-refractivity contribution in [3.05, 3.63) is 52.5 Å². The second-order valence-electron chi connectivity index (χ2n) is 5.53. The van der Waals surface area contributed by atoms with Crippen LogP contribution in [0.1, 0.15) is 30.2 Å². The van der Waals surface area contributed by atoms with E-state index in [2.05, 4.69) is 46.5 Å². The first kappa shape index (κ1) is 16.9. The molecule has 0 saturated carbocycles. The lowest BCUT2D eigenvalue weighted by Gasteiger charge is -2.29. The van der Waals surface area contributed by atoms with Gasteiger partial charge in [0.15, 0.2) is 0 Å². The van der Waals surface area contributed by atoms with E-state index in [4.69, 9.17) is 0 Å². The van der Waals surface area contributed by atoms with Gasteiger partial charge in [-0.3, -0.25) is 9.58 Å². The van der Waals surface area contributed by atoms with Crippen LogP contribution < -0.4 is 0 Å². The first-order valence-electron chi connectivity index (χ1n) is 7.67. The highest BCUT2D eigenvalue weighted by atomic mass is 32.1. The Hall–Kier alpha value is -1.43. The van der Waals surface area contributed by atoms with Crippen molar-refractivity contribution in [3.8, 4) is 0 Å². The largest absolute Gasteiger partial charge is 0.395 e. The molecule has 0 aromatic carbocycles. The highest BCUT2D eigenvalue weighted by Crippen LogP contribution is 2.18. The summed E-state index contributed by atoms with van der Waals surface area (Å²) in [7, 11) is 0. The molecule has 2 aromatic heterocycles. The Morgan fingerprint density at radius 1 is 1.50 bits per heavy atom. The number of aliphatic hydroxyl groups is 1. The molecule has 0 spiro atoms. The molecule has 5 heteroatoms. The minimum atomic E-state index is 0.169. The van der Waals surface area contributed by atoms with E-state index in [9.17, 15) is 5.11 Å². The molecule has 0 aliphatic heterocycles. The first-order chi connectivity index (χ1) is 10.7. The third-order valence-electron chi connectivity index (χ3n) is 3.90. The minimum absolute atomic E-state index is 0.169. The lowest BCUT2D eigenvalue weighted by atomic mass is 10.1. The molecule has 2 aromatic rings. The van der Waals surface area contributed by atoms with E-state index in [0.29, 0.717) is 0 Å². The summed E-state index contributed by atoms with van der Waals surface area (Å²) in [5.41, 5.74) is 3.56. The van der Waals surface area contributed by atoms with Crippen molar-refractivity contribution < 1.29 is 5.11 Å². The fraction of sp³-hybridized carbons (Fsp3) is 0.471. The molecule has 4 nitrogen and oxygen atoms in total. The lowest BCUT2D eigenvalue weighted by molar-refractivity contribution is 0.106. The molecule has 0 aliphatic carbocycles. The van der Waals surface area contributed by atoms with Gasteiger partial charge in [0.25, 0.3) is 0 Å². The van der Waals surface area contributed by atoms with Crippen LogP contribution in [0, 0.1) is 6.92 Å². The van der Waals surface area contributed by atoms with Crippen molar-refractivity contribution in [2.24, 2.45) is 0 Å². The van der Waals surface area contributed by atoms with Crippen LogP contribution in [0.2, 0.25) is 0 Å². The molecule has 1 N–H and O–H groups in total. The van der Waals surface area contributed by atoms with E-state index in [1.807, 2.05) is 17.7 Å². The second-order valence-corrected chi connectivity index (χ2v) is 6.31. The summed E-state index contributed by atoms with van der Waals surface area (Å²) in [5.74, 6) is 0. The number of aryl methyl sites for hydroxylation is 1. The quantitative estimate of drug-likeness (QED) is 0.722. The van der Waals surface area contributed by atoms with E-state index >= 15 is 0 Å². The average molecular weight is 319 g/mol. The summed E-state index contributed by atoms with van der Waals surface area (Å²) in [6, 6.07) is 2.32. The number of allylic oxidation sites excluding steroid dienone is 1. The Morgan fingerprint density at radius 3 is 2.91 bits per heavy atom. The molecule has 0 fully saturated rings. The van der Waals surface area contributed by atoms with Crippen LogP contribution >= 0.6 is 11.3 Å². The van der Waals surface area contributed by atoms with Crippen LogP contribution in [0.4, 0.5) is 0 Å². The summed E-state index contributed by atoms with van der Waals surface area (Å²) in [6.45, 7) is 10.5. The lowest BCUT2D eigenvalue weighted by Crippen LogP contribution is -2.36. The molecule has 0 radical (unpaired) electrons. The molecule has 0 aliphatic rings. The molecular formula is C17H25N3OS. The third kappa shape index (κ3) is 4.29. The summed E-state index contributed by atoms with van der Waals surface area (Å²) >= 11 is 1.71. The number of rotatable bonds is 9. The van der Waals surface area contributed by atoms with Gasteiger partial charge in [0.05, 0.1) is 18.8 Å². The molecule has 2 rings (SSSR count). The Morgan fingerprint density at radius 2 is 2.32 bits per heavy atom. The maximum Gasteiger partial charge on any atom is 0.0638 e. The van der Waals surface area contributed by atoms with E-state index in [0.717, 1.165) is 31.7 Å². The van der Waals surface area contributed by atoms with Crippen molar-refractivity contribution >= 4 is 11.3 Å². The molecule has 22 heavy (non-hydrogen) atoms. The number of hydrogen-bond acceptors (Lipinski definition) is 4. The SMILES string of the molecule is C=CCn1cc(CN(Cc2ccsc2)C(CC)CO)c(C)n1. The smallest absolute Gasteiger partial charge is 0.0638 e. The molecule has 1 unspecified atom stereocenters. The van der Waals surface area contributed by atoms with Gasteiger partial charge in [-0.25, -0.2) is 0 Å². The fourth-order valence-corrected chi connectivity index (χ4v) is 3.25.